The first-order valence-electron chi connectivity index (χ1n) is 14.0. The van der Waals surface area contributed by atoms with Gasteiger partial charge in [-0.25, -0.2) is 9.36 Å². The van der Waals surface area contributed by atoms with E-state index in [0.717, 1.165) is 25.6 Å². The number of fused-ring (bicyclic) bond motifs is 2. The van der Waals surface area contributed by atoms with Crippen LogP contribution in [0.5, 0.6) is 0 Å². The van der Waals surface area contributed by atoms with Crippen LogP contribution in [0.3, 0.4) is 0 Å². The standard InChI is InChI=1S/C31H30BrN4O6S2/c1-17-24(23-14-34-16-33(29(43-3)30(34)44-23)13-21-7-5-4-6-20(21)12-32)27(35-26(17)25(18(2)37)28(35)38)31(39)42-15-19-8-10-22(11-9-19)36(40)41/h4-11,14,16-18,25-26,37H,12-13,15H2,1-3H3/q+1/t17-,18+,25+,26+/m0/s1. The zero-order valence-corrected chi connectivity index (χ0v) is 27.4. The zero-order valence-electron chi connectivity index (χ0n) is 24.2. The molecule has 1 saturated heterocycles. The monoisotopic (exact) mass is 697 g/mol. The number of aliphatic hydroxyl groups is 1. The maximum Gasteiger partial charge on any atom is 0.355 e. The lowest BCUT2D eigenvalue weighted by atomic mass is 9.77. The molecule has 2 aliphatic rings. The third-order valence-corrected chi connectivity index (χ3v) is 11.0. The first-order valence-corrected chi connectivity index (χ1v) is 17.2. The minimum Gasteiger partial charge on any atom is -0.456 e. The van der Waals surface area contributed by atoms with Crippen molar-refractivity contribution in [1.29, 1.82) is 0 Å². The average Bonchev–Trinajstić information content (AvgIpc) is 3.63. The Kier molecular flexibility index (Phi) is 8.40. The Balaban J connectivity index is 1.35. The average molecular weight is 699 g/mol. The smallest absolute Gasteiger partial charge is 0.355 e. The van der Waals surface area contributed by atoms with Crippen molar-refractivity contribution in [1.82, 2.24) is 9.30 Å². The number of amides is 1. The van der Waals surface area contributed by atoms with Crippen molar-refractivity contribution in [3.05, 3.63) is 98.4 Å². The number of thiazole rings is 1. The number of imidazole rings is 1. The molecular formula is C31H30BrN4O6S2+. The molecule has 4 heterocycles. The van der Waals surface area contributed by atoms with Crippen LogP contribution in [-0.4, -0.2) is 49.6 Å². The van der Waals surface area contributed by atoms with Gasteiger partial charge in [-0.2, -0.15) is 4.40 Å². The molecule has 228 valence electrons. The summed E-state index contributed by atoms with van der Waals surface area (Å²) in [5.74, 6) is -1.77. The lowest BCUT2D eigenvalue weighted by molar-refractivity contribution is -0.721. The van der Waals surface area contributed by atoms with Crippen LogP contribution in [0.15, 0.2) is 71.8 Å². The number of aliphatic hydroxyl groups excluding tert-OH is 1. The van der Waals surface area contributed by atoms with Crippen LogP contribution in [0.25, 0.3) is 10.4 Å². The number of nitro groups is 1. The lowest BCUT2D eigenvalue weighted by Gasteiger charge is -2.46. The second-order valence-corrected chi connectivity index (χ2v) is 13.4. The molecule has 2 aromatic carbocycles. The summed E-state index contributed by atoms with van der Waals surface area (Å²) in [5.41, 5.74) is 3.90. The topological polar surface area (TPSA) is 118 Å². The van der Waals surface area contributed by atoms with Crippen molar-refractivity contribution in [3.63, 3.8) is 0 Å². The summed E-state index contributed by atoms with van der Waals surface area (Å²) in [6.45, 7) is 4.19. The van der Waals surface area contributed by atoms with Crippen LogP contribution in [0.1, 0.15) is 35.4 Å². The molecule has 0 saturated carbocycles. The van der Waals surface area contributed by atoms with Crippen molar-refractivity contribution in [2.24, 2.45) is 11.8 Å². The molecule has 10 nitrogen and oxygen atoms in total. The summed E-state index contributed by atoms with van der Waals surface area (Å²) in [6.07, 6.45) is 5.23. The van der Waals surface area contributed by atoms with Crippen molar-refractivity contribution >= 4 is 67.0 Å². The highest BCUT2D eigenvalue weighted by atomic mass is 79.9. The van der Waals surface area contributed by atoms with E-state index in [1.165, 1.54) is 40.3 Å². The van der Waals surface area contributed by atoms with Crippen LogP contribution in [0.2, 0.25) is 0 Å². The summed E-state index contributed by atoms with van der Waals surface area (Å²) < 4.78 is 9.96. The number of carbonyl (C=O) groups is 2. The Morgan fingerprint density at radius 2 is 1.93 bits per heavy atom. The SMILES string of the molecule is CSc1c2sc(C3=C(C(=O)OCc4ccc([N+](=O)[O-])cc4)N4C(=O)[C@H]([C@@H](C)O)[C@H]4[C@H]3C)cn2c[n+]1Cc1ccccc1CBr. The Morgan fingerprint density at radius 3 is 2.57 bits per heavy atom. The van der Waals surface area contributed by atoms with E-state index in [2.05, 4.69) is 43.4 Å². The fourth-order valence-corrected chi connectivity index (χ4v) is 8.94. The largest absolute Gasteiger partial charge is 0.456 e. The van der Waals surface area contributed by atoms with E-state index in [0.29, 0.717) is 12.1 Å². The number of halogens is 1. The number of nitrogens with zero attached hydrogens (tertiary/aromatic N) is 4. The highest BCUT2D eigenvalue weighted by Gasteiger charge is 2.60. The van der Waals surface area contributed by atoms with Crippen molar-refractivity contribution < 1.29 is 28.9 Å². The number of esters is 1. The molecule has 0 unspecified atom stereocenters. The molecule has 0 spiro atoms. The predicted octanol–water partition coefficient (Wildman–Crippen LogP) is 5.17. The van der Waals surface area contributed by atoms with Gasteiger partial charge >= 0.3 is 5.97 Å². The van der Waals surface area contributed by atoms with E-state index >= 15 is 0 Å². The molecular weight excluding hydrogens is 668 g/mol. The number of ether oxygens (including phenoxy) is 1. The van der Waals surface area contributed by atoms with Crippen LogP contribution in [-0.2, 0) is 32.8 Å². The number of rotatable bonds is 10. The van der Waals surface area contributed by atoms with Gasteiger partial charge in [-0.1, -0.05) is 70.2 Å². The molecule has 6 rings (SSSR count). The molecule has 1 fully saturated rings. The van der Waals surface area contributed by atoms with Gasteiger partial charge in [-0.3, -0.25) is 14.9 Å². The number of benzene rings is 2. The first-order chi connectivity index (χ1) is 21.1. The molecule has 4 aromatic rings. The minimum absolute atomic E-state index is 0.0553. The number of carbonyl (C=O) groups excluding carboxylic acids is 2. The molecule has 0 aliphatic carbocycles. The van der Waals surface area contributed by atoms with Gasteiger partial charge in [0.05, 0.1) is 27.9 Å². The first kappa shape index (κ1) is 30.5. The molecule has 1 N–H and O–H groups in total. The number of β-lactam (4-membered cyclic amide) rings is 1. The van der Waals surface area contributed by atoms with Crippen LogP contribution in [0, 0.1) is 22.0 Å². The van der Waals surface area contributed by atoms with Crippen molar-refractivity contribution in [2.75, 3.05) is 6.26 Å². The van der Waals surface area contributed by atoms with Gasteiger partial charge in [0.25, 0.3) is 12.0 Å². The van der Waals surface area contributed by atoms with Crippen molar-refractivity contribution in [3.8, 4) is 0 Å². The summed E-state index contributed by atoms with van der Waals surface area (Å²) in [5, 5.41) is 23.3. The predicted molar refractivity (Wildman–Crippen MR) is 170 cm³/mol. The van der Waals surface area contributed by atoms with Crippen LogP contribution in [0.4, 0.5) is 5.69 Å². The Labute approximate surface area is 270 Å². The van der Waals surface area contributed by atoms with E-state index in [-0.39, 0.29) is 35.9 Å². The van der Waals surface area contributed by atoms with Crippen molar-refractivity contribution in [2.45, 2.75) is 49.5 Å². The Bertz CT molecular complexity index is 1820. The quantitative estimate of drug-likeness (QED) is 0.0462. The van der Waals surface area contributed by atoms with E-state index < -0.39 is 22.9 Å². The maximum atomic E-state index is 13.7. The second kappa shape index (κ2) is 12.1. The summed E-state index contributed by atoms with van der Waals surface area (Å²) in [6, 6.07) is 13.8. The number of hydrogen-bond donors (Lipinski definition) is 1. The zero-order chi connectivity index (χ0) is 31.3. The van der Waals surface area contributed by atoms with E-state index in [9.17, 15) is 24.8 Å². The second-order valence-electron chi connectivity index (χ2n) is 11.0. The fraction of sp³-hybridized carbons (Fsp3) is 0.323. The Hall–Kier alpha value is -3.52. The molecule has 0 radical (unpaired) electrons. The van der Waals surface area contributed by atoms with Crippen LogP contribution < -0.4 is 4.57 Å². The number of nitro benzene ring substituents is 1. The number of thioether (sulfide) groups is 1. The molecule has 0 bridgehead atoms. The highest BCUT2D eigenvalue weighted by molar-refractivity contribution is 9.08. The number of non-ortho nitro benzene ring substituents is 1. The highest BCUT2D eigenvalue weighted by Crippen LogP contribution is 2.52. The molecule has 13 heteroatoms. The molecule has 2 aromatic heterocycles. The van der Waals surface area contributed by atoms with Gasteiger partial charge in [0.1, 0.15) is 25.0 Å². The minimum atomic E-state index is -0.855. The molecule has 4 atom stereocenters. The number of hydrogen-bond acceptors (Lipinski definition) is 8. The van der Waals surface area contributed by atoms with E-state index in [4.69, 9.17) is 4.74 Å². The maximum absolute atomic E-state index is 13.7. The van der Waals surface area contributed by atoms with Gasteiger partial charge in [0, 0.05) is 29.0 Å². The van der Waals surface area contributed by atoms with Crippen LogP contribution >= 0.6 is 39.0 Å². The molecule has 2 aliphatic heterocycles. The number of alkyl halides is 1. The normalized spacial score (nSPS) is 20.2. The molecule has 44 heavy (non-hydrogen) atoms. The Morgan fingerprint density at radius 1 is 1.23 bits per heavy atom. The fourth-order valence-electron chi connectivity index (χ4n) is 6.22. The third-order valence-electron chi connectivity index (χ3n) is 8.35. The lowest BCUT2D eigenvalue weighted by Crippen LogP contribution is -2.63. The number of aromatic nitrogens is 2. The van der Waals surface area contributed by atoms with Gasteiger partial charge in [0.15, 0.2) is 0 Å². The van der Waals surface area contributed by atoms with Gasteiger partial charge < -0.3 is 14.7 Å². The van der Waals surface area contributed by atoms with Gasteiger partial charge in [-0.15, -0.1) is 0 Å². The van der Waals surface area contributed by atoms with Gasteiger partial charge in [0.2, 0.25) is 15.8 Å². The third kappa shape index (κ3) is 5.15. The van der Waals surface area contributed by atoms with Gasteiger partial charge in [-0.05, 0) is 42.0 Å². The summed E-state index contributed by atoms with van der Waals surface area (Å²) in [4.78, 5) is 40.8. The summed E-state index contributed by atoms with van der Waals surface area (Å²) in [7, 11) is 0. The van der Waals surface area contributed by atoms with E-state index in [1.807, 2.05) is 31.5 Å². The van der Waals surface area contributed by atoms with E-state index in [1.54, 1.807) is 30.0 Å². The molecule has 1 amide bonds. The summed E-state index contributed by atoms with van der Waals surface area (Å²) >= 11 is 6.79.